The summed E-state index contributed by atoms with van der Waals surface area (Å²) in [5.41, 5.74) is 2.66. The second-order valence-electron chi connectivity index (χ2n) is 12.0. The normalized spacial score (nSPS) is 21.6. The quantitative estimate of drug-likeness (QED) is 0.139. The number of carbonyl (C=O) groups excluding carboxylic acids is 1. The molecule has 3 aliphatic rings. The number of anilines is 1. The van der Waals surface area contributed by atoms with Crippen molar-refractivity contribution in [1.29, 1.82) is 0 Å². The summed E-state index contributed by atoms with van der Waals surface area (Å²) >= 11 is 13.0. The molecule has 1 aromatic heterocycles. The van der Waals surface area contributed by atoms with Gasteiger partial charge in [-0.1, -0.05) is 54.2 Å². The molecule has 1 saturated heterocycles. The van der Waals surface area contributed by atoms with Gasteiger partial charge in [0.25, 0.3) is 0 Å². The lowest BCUT2D eigenvalue weighted by Gasteiger charge is -2.33. The molecule has 0 radical (unpaired) electrons. The number of hydrogen-bond donors (Lipinski definition) is 0. The number of unbranched alkanes of at least 4 members (excludes halogenated alkanes) is 2. The summed E-state index contributed by atoms with van der Waals surface area (Å²) in [5.74, 6) is -0.329. The van der Waals surface area contributed by atoms with Gasteiger partial charge in [-0.25, -0.2) is 12.8 Å². The summed E-state index contributed by atoms with van der Waals surface area (Å²) in [6, 6.07) is 9.76. The number of rotatable bonds is 13. The Kier molecular flexibility index (Phi) is 8.89. The maximum atomic E-state index is 15.3. The van der Waals surface area contributed by atoms with Crippen molar-refractivity contribution >= 4 is 44.5 Å². The second kappa shape index (κ2) is 12.5. The van der Waals surface area contributed by atoms with Gasteiger partial charge in [0.05, 0.1) is 34.2 Å². The number of hydrogen-bond acceptors (Lipinski definition) is 7. The number of nitrogens with zero attached hydrogens (tertiary/aromatic N) is 2. The van der Waals surface area contributed by atoms with Crippen LogP contribution in [0.2, 0.25) is 10.0 Å². The van der Waals surface area contributed by atoms with Gasteiger partial charge in [0.15, 0.2) is 15.6 Å². The first-order valence-corrected chi connectivity index (χ1v) is 17.6. The number of aromatic nitrogens is 1. The maximum Gasteiger partial charge on any atom is 0.177 e. The third-order valence-corrected chi connectivity index (χ3v) is 11.1. The topological polar surface area (TPSA) is 89.7 Å². The Bertz CT molecular complexity index is 1600. The summed E-state index contributed by atoms with van der Waals surface area (Å²) in [7, 11) is -3.52. The lowest BCUT2D eigenvalue weighted by Crippen LogP contribution is -2.39. The van der Waals surface area contributed by atoms with E-state index in [0.29, 0.717) is 52.5 Å². The Morgan fingerprint density at radius 3 is 2.56 bits per heavy atom. The highest BCUT2D eigenvalue weighted by atomic mass is 35.5. The van der Waals surface area contributed by atoms with Crippen molar-refractivity contribution in [2.75, 3.05) is 23.0 Å². The Morgan fingerprint density at radius 2 is 1.91 bits per heavy atom. The SMILES string of the molecule is CCCCCS(=O)(=O)CC(=O)c1ccc(N2C[C@@H]3C[C@H]2C[C@H]3OCc2c(-c3c(Cl)cccc3Cl)noc2C2CC2)c(F)c1. The van der Waals surface area contributed by atoms with Gasteiger partial charge in [-0.2, -0.15) is 0 Å². The van der Waals surface area contributed by atoms with E-state index < -0.39 is 27.2 Å². The first kappa shape index (κ1) is 30.6. The Hall–Kier alpha value is -2.46. The number of carbonyl (C=O) groups is 1. The molecule has 2 bridgehead atoms. The molecule has 43 heavy (non-hydrogen) atoms. The van der Waals surface area contributed by atoms with E-state index in [2.05, 4.69) is 5.16 Å². The summed E-state index contributed by atoms with van der Waals surface area (Å²) in [5, 5.41) is 5.35. The summed E-state index contributed by atoms with van der Waals surface area (Å²) < 4.78 is 52.2. The molecule has 0 N–H and O–H groups in total. The third kappa shape index (κ3) is 6.51. The van der Waals surface area contributed by atoms with Crippen LogP contribution in [0.3, 0.4) is 0 Å². The van der Waals surface area contributed by atoms with Crippen molar-refractivity contribution in [3.05, 3.63) is 69.1 Å². The lowest BCUT2D eigenvalue weighted by molar-refractivity contribution is 0.0122. The van der Waals surface area contributed by atoms with E-state index in [4.69, 9.17) is 32.5 Å². The molecule has 230 valence electrons. The second-order valence-corrected chi connectivity index (χ2v) is 15.0. The van der Waals surface area contributed by atoms with Crippen LogP contribution in [0.5, 0.6) is 0 Å². The van der Waals surface area contributed by atoms with Gasteiger partial charge in [0.2, 0.25) is 0 Å². The van der Waals surface area contributed by atoms with E-state index in [1.807, 2.05) is 11.8 Å². The number of ketones is 1. The zero-order chi connectivity index (χ0) is 30.3. The van der Waals surface area contributed by atoms with Crippen LogP contribution in [0.15, 0.2) is 40.9 Å². The summed E-state index contributed by atoms with van der Waals surface area (Å²) in [6.07, 6.45) is 5.93. The molecular formula is C32H35Cl2FN2O5S. The minimum absolute atomic E-state index is 0.000373. The van der Waals surface area contributed by atoms with Gasteiger partial charge in [0.1, 0.15) is 23.0 Å². The van der Waals surface area contributed by atoms with Crippen LogP contribution in [-0.4, -0.2) is 49.6 Å². The largest absolute Gasteiger partial charge is 0.373 e. The number of fused-ring (bicyclic) bond motifs is 2. The molecule has 0 amide bonds. The average Bonchev–Trinajstić information content (AvgIpc) is 3.41. The van der Waals surface area contributed by atoms with Crippen LogP contribution in [0.25, 0.3) is 11.3 Å². The third-order valence-electron chi connectivity index (χ3n) is 8.87. The van der Waals surface area contributed by atoms with Crippen LogP contribution in [0.4, 0.5) is 10.1 Å². The van der Waals surface area contributed by atoms with Gasteiger partial charge in [-0.3, -0.25) is 4.79 Å². The molecule has 1 aliphatic heterocycles. The first-order valence-electron chi connectivity index (χ1n) is 15.0. The molecule has 6 rings (SSSR count). The fourth-order valence-electron chi connectivity index (χ4n) is 6.48. The summed E-state index contributed by atoms with van der Waals surface area (Å²) in [6.45, 7) is 2.94. The van der Waals surface area contributed by atoms with Gasteiger partial charge in [-0.05, 0) is 62.4 Å². The van der Waals surface area contributed by atoms with E-state index in [-0.39, 0.29) is 29.4 Å². The number of ether oxygens (including phenoxy) is 1. The highest BCUT2D eigenvalue weighted by molar-refractivity contribution is 7.92. The van der Waals surface area contributed by atoms with E-state index in [9.17, 15) is 13.2 Å². The zero-order valence-corrected chi connectivity index (χ0v) is 26.4. The van der Waals surface area contributed by atoms with Crippen LogP contribution < -0.4 is 4.90 Å². The van der Waals surface area contributed by atoms with Gasteiger partial charge >= 0.3 is 0 Å². The molecule has 2 aliphatic carbocycles. The molecule has 0 unspecified atom stereocenters. The number of halogens is 3. The predicted molar refractivity (Wildman–Crippen MR) is 165 cm³/mol. The molecular weight excluding hydrogens is 614 g/mol. The Morgan fingerprint density at radius 1 is 1.14 bits per heavy atom. The number of piperidine rings is 1. The minimum Gasteiger partial charge on any atom is -0.373 e. The lowest BCUT2D eigenvalue weighted by atomic mass is 10.0. The van der Waals surface area contributed by atoms with E-state index in [1.54, 1.807) is 24.3 Å². The van der Waals surface area contributed by atoms with Crippen molar-refractivity contribution in [3.8, 4) is 11.3 Å². The van der Waals surface area contributed by atoms with Crippen LogP contribution in [-0.2, 0) is 21.2 Å². The maximum absolute atomic E-state index is 15.3. The molecule has 0 spiro atoms. The van der Waals surface area contributed by atoms with E-state index in [0.717, 1.165) is 49.8 Å². The van der Waals surface area contributed by atoms with E-state index >= 15 is 4.39 Å². The van der Waals surface area contributed by atoms with Gasteiger partial charge < -0.3 is 14.2 Å². The minimum atomic E-state index is -3.52. The molecule has 3 atom stereocenters. The van der Waals surface area contributed by atoms with Crippen LogP contribution in [0, 0.1) is 11.7 Å². The highest BCUT2D eigenvalue weighted by Crippen LogP contribution is 2.47. The number of benzene rings is 2. The fourth-order valence-corrected chi connectivity index (χ4v) is 8.42. The monoisotopic (exact) mass is 648 g/mol. The van der Waals surface area contributed by atoms with Crippen molar-refractivity contribution < 1.29 is 26.9 Å². The summed E-state index contributed by atoms with van der Waals surface area (Å²) in [4.78, 5) is 14.7. The predicted octanol–water partition coefficient (Wildman–Crippen LogP) is 7.64. The smallest absolute Gasteiger partial charge is 0.177 e. The van der Waals surface area contributed by atoms with Crippen LogP contribution in [0.1, 0.15) is 79.5 Å². The van der Waals surface area contributed by atoms with Gasteiger partial charge in [0, 0.05) is 41.1 Å². The highest BCUT2D eigenvalue weighted by Gasteiger charge is 2.46. The zero-order valence-electron chi connectivity index (χ0n) is 24.0. The van der Waals surface area contributed by atoms with E-state index in [1.165, 1.54) is 12.1 Å². The van der Waals surface area contributed by atoms with Crippen molar-refractivity contribution in [1.82, 2.24) is 5.16 Å². The van der Waals surface area contributed by atoms with Crippen molar-refractivity contribution in [2.24, 2.45) is 5.92 Å². The molecule has 11 heteroatoms. The standard InChI is InChI=1S/C32H35Cl2FN2O5S/c1-2-3-4-12-43(39,40)18-28(38)20-10-11-27(26(35)14-20)37-16-21-13-22(37)15-29(21)41-17-23-31(36-42-32(23)19-8-9-19)30-24(33)6-5-7-25(30)34/h5-7,10-11,14,19,21-22,29H,2-4,8-9,12-13,15-18H2,1H3/t21-,22-,29+/m0/s1. The van der Waals surface area contributed by atoms with Crippen molar-refractivity contribution in [3.63, 3.8) is 0 Å². The molecule has 3 fully saturated rings. The molecule has 2 saturated carbocycles. The molecule has 2 aromatic carbocycles. The van der Waals surface area contributed by atoms with Crippen molar-refractivity contribution in [2.45, 2.75) is 76.5 Å². The number of sulfone groups is 1. The Labute approximate surface area is 261 Å². The number of Topliss-reactive ketones (excluding diaryl/α,β-unsaturated/α-hetero) is 1. The molecule has 2 heterocycles. The average molecular weight is 650 g/mol. The molecule has 7 nitrogen and oxygen atoms in total. The van der Waals surface area contributed by atoms with Crippen LogP contribution >= 0.6 is 23.2 Å². The van der Waals surface area contributed by atoms with Gasteiger partial charge in [-0.15, -0.1) is 0 Å². The molecule has 3 aromatic rings. The fraction of sp³-hybridized carbons (Fsp3) is 0.500. The Balaban J connectivity index is 1.10. The first-order chi connectivity index (χ1) is 20.6.